The number of hydrogen-bond acceptors (Lipinski definition) is 10. The predicted molar refractivity (Wildman–Crippen MR) is 119 cm³/mol. The smallest absolute Gasteiger partial charge is 0.302 e. The lowest BCUT2D eigenvalue weighted by Gasteiger charge is -2.27. The van der Waals surface area contributed by atoms with E-state index in [-0.39, 0.29) is 30.7 Å². The maximum absolute atomic E-state index is 11.7. The molecule has 0 bridgehead atoms. The van der Waals surface area contributed by atoms with E-state index in [4.69, 9.17) is 15.9 Å². The number of fused-ring (bicyclic) bond motifs is 1. The van der Waals surface area contributed by atoms with Crippen molar-refractivity contribution in [1.29, 1.82) is 0 Å². The third-order valence-corrected chi connectivity index (χ3v) is 6.25. The van der Waals surface area contributed by atoms with Crippen LogP contribution in [0.2, 0.25) is 0 Å². The number of terminal acetylenes is 1. The highest BCUT2D eigenvalue weighted by atomic mass is 32.2. The fraction of sp³-hybridized carbons (Fsp3) is 0.450. The molecule has 13 heteroatoms. The van der Waals surface area contributed by atoms with Crippen molar-refractivity contribution in [2.75, 3.05) is 17.2 Å². The number of imidazole rings is 1. The van der Waals surface area contributed by atoms with Crippen molar-refractivity contribution in [3.05, 3.63) is 6.33 Å². The van der Waals surface area contributed by atoms with Gasteiger partial charge in [-0.25, -0.2) is 4.98 Å². The summed E-state index contributed by atoms with van der Waals surface area (Å²) in [6.07, 6.45) is 6.82. The zero-order valence-electron chi connectivity index (χ0n) is 18.4. The van der Waals surface area contributed by atoms with Gasteiger partial charge in [-0.1, -0.05) is 5.92 Å². The van der Waals surface area contributed by atoms with Gasteiger partial charge < -0.3 is 19.4 Å². The second-order valence-electron chi connectivity index (χ2n) is 7.30. The van der Waals surface area contributed by atoms with E-state index in [1.807, 2.05) is 0 Å². The first-order chi connectivity index (χ1) is 15.5. The van der Waals surface area contributed by atoms with E-state index in [0.717, 1.165) is 0 Å². The molecule has 3 atom stereocenters. The average Bonchev–Trinajstić information content (AvgIpc) is 3.27. The molecule has 2 aromatic rings. The van der Waals surface area contributed by atoms with Crippen LogP contribution < -0.4 is 10.6 Å². The van der Waals surface area contributed by atoms with Gasteiger partial charge >= 0.3 is 11.9 Å². The normalized spacial score (nSPS) is 21.8. The molecule has 33 heavy (non-hydrogen) atoms. The summed E-state index contributed by atoms with van der Waals surface area (Å²) in [5.41, 5.74) is 0.610. The van der Waals surface area contributed by atoms with Gasteiger partial charge in [-0.3, -0.25) is 24.5 Å². The molecule has 2 aromatic heterocycles. The largest absolute Gasteiger partial charge is 0.463 e. The van der Waals surface area contributed by atoms with Crippen molar-refractivity contribution in [3.8, 4) is 12.3 Å². The Morgan fingerprint density at radius 1 is 1.18 bits per heavy atom. The molecule has 3 heterocycles. The lowest BCUT2D eigenvalue weighted by Crippen LogP contribution is -2.41. The number of esters is 2. The van der Waals surface area contributed by atoms with Gasteiger partial charge in [0.15, 0.2) is 17.0 Å². The number of ether oxygens (including phenoxy) is 2. The van der Waals surface area contributed by atoms with Crippen LogP contribution in [0, 0.1) is 12.3 Å². The third-order valence-electron chi connectivity index (χ3n) is 4.64. The quantitative estimate of drug-likeness (QED) is 0.461. The first-order valence-corrected chi connectivity index (χ1v) is 10.7. The van der Waals surface area contributed by atoms with E-state index >= 15 is 0 Å². The van der Waals surface area contributed by atoms with E-state index in [9.17, 15) is 19.2 Å². The van der Waals surface area contributed by atoms with Crippen molar-refractivity contribution in [3.63, 3.8) is 0 Å². The van der Waals surface area contributed by atoms with Gasteiger partial charge in [0.1, 0.15) is 17.5 Å². The molecule has 2 amide bonds. The van der Waals surface area contributed by atoms with E-state index in [2.05, 4.69) is 31.5 Å². The van der Waals surface area contributed by atoms with Crippen molar-refractivity contribution in [2.24, 2.45) is 0 Å². The Hall–Kier alpha value is -3.66. The van der Waals surface area contributed by atoms with Gasteiger partial charge in [-0.05, 0) is 0 Å². The lowest BCUT2D eigenvalue weighted by molar-refractivity contribution is -0.149. The molecule has 0 spiro atoms. The summed E-state index contributed by atoms with van der Waals surface area (Å²) in [6.45, 7) is 4.99. The molecule has 0 radical (unpaired) electrons. The van der Waals surface area contributed by atoms with Crippen LogP contribution in [-0.4, -0.2) is 60.7 Å². The van der Waals surface area contributed by atoms with Gasteiger partial charge in [-0.2, -0.15) is 9.97 Å². The molecular formula is C20H22N6O6S. The van der Waals surface area contributed by atoms with Crippen molar-refractivity contribution in [1.82, 2.24) is 19.5 Å². The van der Waals surface area contributed by atoms with Crippen LogP contribution in [0.3, 0.4) is 0 Å². The maximum Gasteiger partial charge on any atom is 0.302 e. The van der Waals surface area contributed by atoms with E-state index in [1.165, 1.54) is 45.8 Å². The van der Waals surface area contributed by atoms with Gasteiger partial charge in [0, 0.05) is 34.1 Å². The zero-order chi connectivity index (χ0) is 24.3. The number of anilines is 2. The van der Waals surface area contributed by atoms with E-state index in [1.54, 1.807) is 4.57 Å². The highest BCUT2D eigenvalue weighted by molar-refractivity contribution is 8.01. The SMILES string of the molecule is C#C[C@]1(COC(C)=O)SC(n2cnc3c(NC(C)=O)nc(NC(C)=O)nc32)C[C@@H]1OC(C)=O. The van der Waals surface area contributed by atoms with Crippen LogP contribution >= 0.6 is 11.8 Å². The molecule has 174 valence electrons. The number of nitrogens with zero attached hydrogens (tertiary/aromatic N) is 4. The topological polar surface area (TPSA) is 154 Å². The monoisotopic (exact) mass is 474 g/mol. The van der Waals surface area contributed by atoms with Crippen LogP contribution in [-0.2, 0) is 28.7 Å². The minimum Gasteiger partial charge on any atom is -0.463 e. The summed E-state index contributed by atoms with van der Waals surface area (Å²) in [7, 11) is 0. The first kappa shape index (κ1) is 24.0. The highest BCUT2D eigenvalue weighted by Gasteiger charge is 2.51. The molecule has 0 aromatic carbocycles. The minimum absolute atomic E-state index is 0.0249. The molecule has 0 saturated carbocycles. The molecule has 1 aliphatic rings. The second-order valence-corrected chi connectivity index (χ2v) is 8.81. The van der Waals surface area contributed by atoms with Gasteiger partial charge in [0.05, 0.1) is 11.7 Å². The zero-order valence-corrected chi connectivity index (χ0v) is 19.2. The lowest BCUT2D eigenvalue weighted by atomic mass is 10.0. The number of carbonyl (C=O) groups is 4. The van der Waals surface area contributed by atoms with Crippen LogP contribution in [0.1, 0.15) is 39.5 Å². The van der Waals surface area contributed by atoms with Crippen LogP contribution in [0.15, 0.2) is 6.33 Å². The Morgan fingerprint density at radius 2 is 1.88 bits per heavy atom. The summed E-state index contributed by atoms with van der Waals surface area (Å²) >= 11 is 1.26. The summed E-state index contributed by atoms with van der Waals surface area (Å²) in [6, 6.07) is 0. The van der Waals surface area contributed by atoms with Crippen LogP contribution in [0.25, 0.3) is 11.2 Å². The fourth-order valence-electron chi connectivity index (χ4n) is 3.35. The molecule has 1 aliphatic heterocycles. The molecule has 1 fully saturated rings. The van der Waals surface area contributed by atoms with E-state index in [0.29, 0.717) is 11.2 Å². The Bertz CT molecular complexity index is 1170. The molecule has 12 nitrogen and oxygen atoms in total. The van der Waals surface area contributed by atoms with Crippen LogP contribution in [0.4, 0.5) is 11.8 Å². The number of aromatic nitrogens is 4. The Morgan fingerprint density at radius 3 is 2.45 bits per heavy atom. The van der Waals surface area contributed by atoms with Crippen molar-refractivity contribution >= 4 is 58.4 Å². The molecule has 0 aliphatic carbocycles. The van der Waals surface area contributed by atoms with Crippen molar-refractivity contribution in [2.45, 2.75) is 50.3 Å². The van der Waals surface area contributed by atoms with Gasteiger partial charge in [0.2, 0.25) is 17.8 Å². The summed E-state index contributed by atoms with van der Waals surface area (Å²) in [4.78, 5) is 59.2. The number of rotatable bonds is 6. The van der Waals surface area contributed by atoms with Gasteiger partial charge in [0.25, 0.3) is 0 Å². The third kappa shape index (κ3) is 5.23. The molecule has 1 unspecified atom stereocenters. The number of amides is 2. The minimum atomic E-state index is -1.13. The molecular weight excluding hydrogens is 452 g/mol. The number of hydrogen-bond donors (Lipinski definition) is 2. The average molecular weight is 474 g/mol. The molecule has 3 rings (SSSR count). The molecule has 1 saturated heterocycles. The van der Waals surface area contributed by atoms with Crippen molar-refractivity contribution < 1.29 is 28.7 Å². The van der Waals surface area contributed by atoms with Gasteiger partial charge in [-0.15, -0.1) is 18.2 Å². The number of nitrogens with one attached hydrogen (secondary N) is 2. The second kappa shape index (κ2) is 9.45. The Balaban J connectivity index is 2.06. The molecule has 2 N–H and O–H groups in total. The van der Waals surface area contributed by atoms with Crippen LogP contribution in [0.5, 0.6) is 0 Å². The summed E-state index contributed by atoms with van der Waals surface area (Å²) < 4.78 is 11.2. The summed E-state index contributed by atoms with van der Waals surface area (Å²) in [5, 5.41) is 4.65. The number of carbonyl (C=O) groups excluding carboxylic acids is 4. The summed E-state index contributed by atoms with van der Waals surface area (Å²) in [5.74, 6) is 0.911. The number of thioether (sulfide) groups is 1. The highest BCUT2D eigenvalue weighted by Crippen LogP contribution is 2.51. The fourth-order valence-corrected chi connectivity index (χ4v) is 4.87. The standard InChI is InChI=1S/C20H22N6O6S/c1-6-20(8-31-12(4)29)14(32-13(5)30)7-15(33-20)26-9-21-16-17(22-10(2)27)24-19(23-11(3)28)25-18(16)26/h1,9,14-15H,7-8H2,2-5H3,(H2,22,23,24,25,27,28)/t14-,15?,20+/m0/s1. The Kier molecular flexibility index (Phi) is 6.87. The maximum atomic E-state index is 11.7. The predicted octanol–water partition coefficient (Wildman–Crippen LogP) is 1.25. The van der Waals surface area contributed by atoms with E-state index < -0.39 is 34.1 Å². The Labute approximate surface area is 193 Å². The first-order valence-electron chi connectivity index (χ1n) is 9.80.